The first-order chi connectivity index (χ1) is 13.7. The fourth-order valence-electron chi connectivity index (χ4n) is 3.64. The molecule has 0 aliphatic carbocycles. The maximum atomic E-state index is 14.7. The van der Waals surface area contributed by atoms with E-state index in [1.165, 1.54) is 6.20 Å². The number of carbonyl (C=O) groups excluding carboxylic acids is 1. The van der Waals surface area contributed by atoms with Crippen LogP contribution in [0.3, 0.4) is 0 Å². The molecule has 7 heteroatoms. The molecular weight excluding hydrogens is 437 g/mol. The van der Waals surface area contributed by atoms with E-state index in [0.29, 0.717) is 15.6 Å². The Morgan fingerprint density at radius 1 is 1.31 bits per heavy atom. The van der Waals surface area contributed by atoms with Gasteiger partial charge in [0, 0.05) is 39.9 Å². The molecule has 0 fully saturated rings. The van der Waals surface area contributed by atoms with Gasteiger partial charge >= 0.3 is 0 Å². The molecule has 0 spiro atoms. The van der Waals surface area contributed by atoms with E-state index in [0.717, 1.165) is 24.1 Å². The molecule has 1 amide bonds. The van der Waals surface area contributed by atoms with Crippen LogP contribution in [-0.2, 0) is 13.0 Å². The lowest BCUT2D eigenvalue weighted by molar-refractivity contribution is 0.0952. The number of nitrogens with zero attached hydrogens (tertiary/aromatic N) is 1. The standard InChI is InChI=1S/C22H25BrFN3O2/c1-5-6-14-7-13(4)26-22(29)17(14)10-25-21(28)16-8-15(23)9-19-20(16)18(24)11-27(19)12(2)3/h7-9,11-12H,5-6,10H2,1-4H3,(H,25,28)(H,26,29). The second-order valence-electron chi connectivity index (χ2n) is 7.54. The lowest BCUT2D eigenvalue weighted by Gasteiger charge is -2.12. The van der Waals surface area contributed by atoms with Crippen LogP contribution >= 0.6 is 15.9 Å². The van der Waals surface area contributed by atoms with Crippen molar-refractivity contribution in [2.75, 3.05) is 0 Å². The van der Waals surface area contributed by atoms with Crippen molar-refractivity contribution < 1.29 is 9.18 Å². The van der Waals surface area contributed by atoms with Gasteiger partial charge in [-0.05, 0) is 51.0 Å². The molecule has 1 aromatic carbocycles. The number of fused-ring (bicyclic) bond motifs is 1. The van der Waals surface area contributed by atoms with E-state index in [-0.39, 0.29) is 29.1 Å². The lowest BCUT2D eigenvalue weighted by atomic mass is 10.0. The van der Waals surface area contributed by atoms with E-state index in [1.807, 2.05) is 33.8 Å². The summed E-state index contributed by atoms with van der Waals surface area (Å²) in [6, 6.07) is 5.40. The minimum absolute atomic E-state index is 0.0509. The van der Waals surface area contributed by atoms with Gasteiger partial charge in [0.15, 0.2) is 0 Å². The Morgan fingerprint density at radius 2 is 2.03 bits per heavy atom. The van der Waals surface area contributed by atoms with Gasteiger partial charge in [-0.2, -0.15) is 0 Å². The average Bonchev–Trinajstić information content (AvgIpc) is 2.97. The SMILES string of the molecule is CCCc1cc(C)[nH]c(=O)c1CNC(=O)c1cc(Br)cc2c1c(F)cn2C(C)C. The molecule has 2 aromatic heterocycles. The van der Waals surface area contributed by atoms with Gasteiger partial charge in [0.2, 0.25) is 0 Å². The Kier molecular flexibility index (Phi) is 6.27. The second kappa shape index (κ2) is 8.53. The summed E-state index contributed by atoms with van der Waals surface area (Å²) in [5.41, 5.74) is 2.94. The number of halogens is 2. The monoisotopic (exact) mass is 461 g/mol. The van der Waals surface area contributed by atoms with E-state index in [9.17, 15) is 14.0 Å². The summed E-state index contributed by atoms with van der Waals surface area (Å²) in [5.74, 6) is -0.856. The van der Waals surface area contributed by atoms with Crippen LogP contribution in [0.4, 0.5) is 4.39 Å². The number of carbonyl (C=O) groups is 1. The number of hydrogen-bond acceptors (Lipinski definition) is 2. The summed E-state index contributed by atoms with van der Waals surface area (Å²) in [4.78, 5) is 28.1. The quantitative estimate of drug-likeness (QED) is 0.541. The summed E-state index contributed by atoms with van der Waals surface area (Å²) in [7, 11) is 0. The first-order valence-corrected chi connectivity index (χ1v) is 10.5. The first kappa shape index (κ1) is 21.3. The molecule has 0 saturated heterocycles. The van der Waals surface area contributed by atoms with Gasteiger partial charge in [0.05, 0.1) is 11.1 Å². The Labute approximate surface area is 177 Å². The molecule has 0 saturated carbocycles. The minimum Gasteiger partial charge on any atom is -0.348 e. The van der Waals surface area contributed by atoms with Crippen LogP contribution in [0.1, 0.15) is 60.4 Å². The molecule has 3 rings (SSSR count). The highest BCUT2D eigenvalue weighted by Gasteiger charge is 2.20. The Hall–Kier alpha value is -2.41. The van der Waals surface area contributed by atoms with Gasteiger partial charge < -0.3 is 14.9 Å². The largest absolute Gasteiger partial charge is 0.348 e. The van der Waals surface area contributed by atoms with Gasteiger partial charge in [-0.3, -0.25) is 9.59 Å². The smallest absolute Gasteiger partial charge is 0.253 e. The third-order valence-electron chi connectivity index (χ3n) is 4.96. The number of rotatable bonds is 6. The van der Waals surface area contributed by atoms with Crippen molar-refractivity contribution >= 4 is 32.7 Å². The van der Waals surface area contributed by atoms with E-state index in [2.05, 4.69) is 26.2 Å². The zero-order valence-corrected chi connectivity index (χ0v) is 18.6. The van der Waals surface area contributed by atoms with Crippen molar-refractivity contribution in [3.05, 3.63) is 67.4 Å². The van der Waals surface area contributed by atoms with Crippen LogP contribution in [0, 0.1) is 12.7 Å². The molecule has 2 heterocycles. The predicted octanol–water partition coefficient (Wildman–Crippen LogP) is 5.00. The number of aromatic amines is 1. The number of benzene rings is 1. The maximum absolute atomic E-state index is 14.7. The Balaban J connectivity index is 1.97. The summed E-state index contributed by atoms with van der Waals surface area (Å²) in [6.45, 7) is 7.88. The normalized spacial score (nSPS) is 11.4. The van der Waals surface area contributed by atoms with Gasteiger partial charge in [0.1, 0.15) is 5.82 Å². The highest BCUT2D eigenvalue weighted by Crippen LogP contribution is 2.30. The predicted molar refractivity (Wildman–Crippen MR) is 117 cm³/mol. The second-order valence-corrected chi connectivity index (χ2v) is 8.46. The molecule has 0 unspecified atom stereocenters. The number of H-pyrrole nitrogens is 1. The summed E-state index contributed by atoms with van der Waals surface area (Å²) < 4.78 is 17.2. The Morgan fingerprint density at radius 3 is 2.69 bits per heavy atom. The summed E-state index contributed by atoms with van der Waals surface area (Å²) >= 11 is 3.42. The molecule has 0 aliphatic rings. The molecule has 0 atom stereocenters. The van der Waals surface area contributed by atoms with Gasteiger partial charge in [-0.1, -0.05) is 29.3 Å². The average molecular weight is 462 g/mol. The van der Waals surface area contributed by atoms with E-state index in [1.54, 1.807) is 16.7 Å². The fraction of sp³-hybridized carbons (Fsp3) is 0.364. The number of hydrogen-bond donors (Lipinski definition) is 2. The van der Waals surface area contributed by atoms with Crippen molar-refractivity contribution in [2.24, 2.45) is 0 Å². The highest BCUT2D eigenvalue weighted by atomic mass is 79.9. The summed E-state index contributed by atoms with van der Waals surface area (Å²) in [5, 5.41) is 3.09. The van der Waals surface area contributed by atoms with Crippen molar-refractivity contribution in [1.82, 2.24) is 14.9 Å². The molecule has 0 radical (unpaired) electrons. The number of pyridine rings is 1. The molecule has 3 aromatic rings. The third kappa shape index (κ3) is 4.29. The molecule has 0 aliphatic heterocycles. The van der Waals surface area contributed by atoms with Gasteiger partial charge in [-0.25, -0.2) is 4.39 Å². The topological polar surface area (TPSA) is 66.9 Å². The number of aryl methyl sites for hydroxylation is 2. The molecule has 5 nitrogen and oxygen atoms in total. The zero-order chi connectivity index (χ0) is 21.3. The summed E-state index contributed by atoms with van der Waals surface area (Å²) in [6.07, 6.45) is 3.07. The van der Waals surface area contributed by atoms with Gasteiger partial charge in [-0.15, -0.1) is 0 Å². The molecule has 154 valence electrons. The fourth-order valence-corrected chi connectivity index (χ4v) is 4.09. The number of aromatic nitrogens is 2. The lowest BCUT2D eigenvalue weighted by Crippen LogP contribution is -2.28. The van der Waals surface area contributed by atoms with Crippen molar-refractivity contribution in [3.63, 3.8) is 0 Å². The molecular formula is C22H25BrFN3O2. The van der Waals surface area contributed by atoms with E-state index < -0.39 is 11.7 Å². The minimum atomic E-state index is -0.439. The van der Waals surface area contributed by atoms with Crippen molar-refractivity contribution in [2.45, 2.75) is 53.1 Å². The molecule has 29 heavy (non-hydrogen) atoms. The molecule has 2 N–H and O–H groups in total. The van der Waals surface area contributed by atoms with Crippen molar-refractivity contribution in [3.8, 4) is 0 Å². The third-order valence-corrected chi connectivity index (χ3v) is 5.42. The van der Waals surface area contributed by atoms with Crippen LogP contribution in [0.5, 0.6) is 0 Å². The van der Waals surface area contributed by atoms with Crippen LogP contribution < -0.4 is 10.9 Å². The van der Waals surface area contributed by atoms with E-state index in [4.69, 9.17) is 0 Å². The first-order valence-electron chi connectivity index (χ1n) is 9.72. The number of nitrogens with one attached hydrogen (secondary N) is 2. The highest BCUT2D eigenvalue weighted by molar-refractivity contribution is 9.10. The van der Waals surface area contributed by atoms with Crippen LogP contribution in [0.25, 0.3) is 10.9 Å². The van der Waals surface area contributed by atoms with E-state index >= 15 is 0 Å². The van der Waals surface area contributed by atoms with Crippen molar-refractivity contribution in [1.29, 1.82) is 0 Å². The molecule has 0 bridgehead atoms. The Bertz CT molecular complexity index is 1130. The zero-order valence-electron chi connectivity index (χ0n) is 17.0. The maximum Gasteiger partial charge on any atom is 0.253 e. The van der Waals surface area contributed by atoms with Crippen LogP contribution in [0.2, 0.25) is 0 Å². The van der Waals surface area contributed by atoms with Gasteiger partial charge in [0.25, 0.3) is 11.5 Å². The van der Waals surface area contributed by atoms with Crippen LogP contribution in [0.15, 0.2) is 33.7 Å². The van der Waals surface area contributed by atoms with Crippen LogP contribution in [-0.4, -0.2) is 15.5 Å². The number of amides is 1.